The summed E-state index contributed by atoms with van der Waals surface area (Å²) in [7, 11) is 0. The van der Waals surface area contributed by atoms with Gasteiger partial charge in [0.1, 0.15) is 11.2 Å². The second-order valence-corrected chi connectivity index (χ2v) is 10.4. The predicted molar refractivity (Wildman–Crippen MR) is 147 cm³/mol. The minimum Gasteiger partial charge on any atom is -0.463 e. The summed E-state index contributed by atoms with van der Waals surface area (Å²) in [6, 6.07) is 5.12. The maximum Gasteiger partial charge on any atom is 0.433 e. The molecule has 0 radical (unpaired) electrons. The molecule has 5 rings (SSSR count). The first-order valence-electron chi connectivity index (χ1n) is 12.4. The van der Waals surface area contributed by atoms with Crippen LogP contribution in [0.2, 0.25) is 10.0 Å². The molecule has 0 unspecified atom stereocenters. The van der Waals surface area contributed by atoms with E-state index >= 15 is 0 Å². The molecule has 1 saturated carbocycles. The number of anilines is 1. The number of imidazole rings is 1. The van der Waals surface area contributed by atoms with Gasteiger partial charge in [-0.1, -0.05) is 23.2 Å². The SMILES string of the molecule is C#CC1CCC(Cn2c(N3CCOCC3)nc3nc(/C(N)=N/C(=O)O)nc(-c4cc(Cl)cc(Cl)c4)c32)CC1. The van der Waals surface area contributed by atoms with Crippen molar-refractivity contribution in [2.24, 2.45) is 22.6 Å². The van der Waals surface area contributed by atoms with Gasteiger partial charge < -0.3 is 25.0 Å². The van der Waals surface area contributed by atoms with Crippen LogP contribution in [0.4, 0.5) is 10.7 Å². The minimum absolute atomic E-state index is 0.0429. The molecule has 1 aromatic carbocycles. The van der Waals surface area contributed by atoms with Gasteiger partial charge >= 0.3 is 6.09 Å². The molecule has 1 amide bonds. The van der Waals surface area contributed by atoms with E-state index in [1.807, 2.05) is 0 Å². The molecule has 10 nitrogen and oxygen atoms in total. The monoisotopic (exact) mass is 555 g/mol. The number of amides is 1. The topological polar surface area (TPSA) is 132 Å². The number of benzene rings is 1. The molecule has 3 aromatic rings. The Hall–Kier alpha value is -3.39. The Morgan fingerprint density at radius 3 is 2.45 bits per heavy atom. The maximum absolute atomic E-state index is 11.2. The second kappa shape index (κ2) is 11.2. The molecule has 12 heteroatoms. The number of carboxylic acid groups (broad SMARTS) is 1. The number of aliphatic imine (C=N–C) groups is 1. The Labute approximate surface area is 229 Å². The fraction of sp³-hybridized carbons (Fsp3) is 0.423. The predicted octanol–water partition coefficient (Wildman–Crippen LogP) is 4.46. The van der Waals surface area contributed by atoms with E-state index in [-0.39, 0.29) is 11.7 Å². The molecule has 1 aliphatic carbocycles. The molecular formula is C26H27Cl2N7O3. The Morgan fingerprint density at radius 1 is 1.13 bits per heavy atom. The Morgan fingerprint density at radius 2 is 1.82 bits per heavy atom. The number of nitrogens with two attached hydrogens (primary N) is 1. The van der Waals surface area contributed by atoms with Gasteiger partial charge in [-0.15, -0.1) is 12.3 Å². The number of halogens is 2. The molecule has 2 fully saturated rings. The molecule has 1 saturated heterocycles. The highest BCUT2D eigenvalue weighted by atomic mass is 35.5. The summed E-state index contributed by atoms with van der Waals surface area (Å²) in [6.07, 6.45) is 8.22. The van der Waals surface area contributed by atoms with Gasteiger partial charge in [0.2, 0.25) is 5.95 Å². The summed E-state index contributed by atoms with van der Waals surface area (Å²) < 4.78 is 7.73. The van der Waals surface area contributed by atoms with Gasteiger partial charge in [0.15, 0.2) is 17.3 Å². The van der Waals surface area contributed by atoms with Crippen LogP contribution in [0.3, 0.4) is 0 Å². The van der Waals surface area contributed by atoms with E-state index in [4.69, 9.17) is 50.2 Å². The van der Waals surface area contributed by atoms with E-state index < -0.39 is 6.09 Å². The summed E-state index contributed by atoms with van der Waals surface area (Å²) >= 11 is 12.7. The van der Waals surface area contributed by atoms with E-state index in [0.29, 0.717) is 77.2 Å². The van der Waals surface area contributed by atoms with Crippen molar-refractivity contribution in [2.75, 3.05) is 31.2 Å². The van der Waals surface area contributed by atoms with Crippen molar-refractivity contribution in [1.29, 1.82) is 0 Å². The first kappa shape index (κ1) is 26.2. The van der Waals surface area contributed by atoms with Crippen molar-refractivity contribution < 1.29 is 14.6 Å². The Bertz CT molecular complexity index is 1410. The summed E-state index contributed by atoms with van der Waals surface area (Å²) in [5, 5.41) is 10.0. The average molecular weight is 556 g/mol. The van der Waals surface area contributed by atoms with Gasteiger partial charge in [-0.25, -0.2) is 14.8 Å². The van der Waals surface area contributed by atoms with Gasteiger partial charge in [-0.2, -0.15) is 9.98 Å². The number of carbonyl (C=O) groups is 1. The van der Waals surface area contributed by atoms with Crippen molar-refractivity contribution >= 4 is 52.2 Å². The van der Waals surface area contributed by atoms with Gasteiger partial charge in [0.05, 0.1) is 13.2 Å². The molecule has 2 aromatic heterocycles. The number of rotatable bonds is 5. The van der Waals surface area contributed by atoms with Crippen molar-refractivity contribution in [3.8, 4) is 23.6 Å². The molecule has 38 heavy (non-hydrogen) atoms. The Kier molecular flexibility index (Phi) is 7.70. The summed E-state index contributed by atoms with van der Waals surface area (Å²) in [5.74, 6) is 3.98. The third-order valence-corrected chi connectivity index (χ3v) is 7.42. The number of hydrogen-bond donors (Lipinski definition) is 2. The maximum atomic E-state index is 11.2. The van der Waals surface area contributed by atoms with Crippen LogP contribution in [0.1, 0.15) is 31.5 Å². The van der Waals surface area contributed by atoms with Crippen molar-refractivity contribution in [3.05, 3.63) is 34.1 Å². The van der Waals surface area contributed by atoms with Crippen LogP contribution in [0.15, 0.2) is 23.2 Å². The molecular weight excluding hydrogens is 529 g/mol. The normalized spacial score (nSPS) is 20.4. The zero-order chi connectivity index (χ0) is 26.8. The van der Waals surface area contributed by atoms with Crippen LogP contribution in [-0.2, 0) is 11.3 Å². The van der Waals surface area contributed by atoms with Crippen LogP contribution >= 0.6 is 23.2 Å². The number of aromatic nitrogens is 4. The summed E-state index contributed by atoms with van der Waals surface area (Å²) in [4.78, 5) is 30.9. The number of amidine groups is 1. The van der Waals surface area contributed by atoms with E-state index in [1.54, 1.807) is 18.2 Å². The lowest BCUT2D eigenvalue weighted by molar-refractivity contribution is 0.121. The highest BCUT2D eigenvalue weighted by molar-refractivity contribution is 6.35. The minimum atomic E-state index is -1.44. The van der Waals surface area contributed by atoms with Gasteiger partial charge in [-0.3, -0.25) is 0 Å². The molecule has 3 N–H and O–H groups in total. The van der Waals surface area contributed by atoms with Crippen LogP contribution in [-0.4, -0.2) is 62.9 Å². The number of nitrogens with zero attached hydrogens (tertiary/aromatic N) is 6. The highest BCUT2D eigenvalue weighted by Crippen LogP contribution is 2.36. The number of morpholine rings is 1. The Balaban J connectivity index is 1.72. The molecule has 2 aliphatic rings. The van der Waals surface area contributed by atoms with Crippen molar-refractivity contribution in [2.45, 2.75) is 32.2 Å². The first-order chi connectivity index (χ1) is 18.3. The van der Waals surface area contributed by atoms with Crippen molar-refractivity contribution in [1.82, 2.24) is 19.5 Å². The lowest BCUT2D eigenvalue weighted by Crippen LogP contribution is -2.38. The third-order valence-electron chi connectivity index (χ3n) is 6.98. The standard InChI is InChI=1S/C26H27Cl2N7O3/c1-2-15-3-5-16(6-4-15)14-35-21-20(17-11-18(27)13-19(28)12-17)30-24(22(29)31-26(36)37)32-23(21)33-25(35)34-7-9-38-10-8-34/h1,11-13,15-16H,3-10,14H2,(H2,29,31)(H,36,37). The molecule has 1 aliphatic heterocycles. The van der Waals surface area contributed by atoms with Crippen LogP contribution < -0.4 is 10.6 Å². The third kappa shape index (κ3) is 5.55. The fourth-order valence-corrected chi connectivity index (χ4v) is 5.66. The summed E-state index contributed by atoms with van der Waals surface area (Å²) in [5.41, 5.74) is 8.16. The highest BCUT2D eigenvalue weighted by Gasteiger charge is 2.28. The first-order valence-corrected chi connectivity index (χ1v) is 13.2. The average Bonchev–Trinajstić information content (AvgIpc) is 3.26. The molecule has 0 atom stereocenters. The van der Waals surface area contributed by atoms with E-state index in [2.05, 4.69) is 30.3 Å². The number of hydrogen-bond acceptors (Lipinski definition) is 6. The molecule has 0 spiro atoms. The smallest absolute Gasteiger partial charge is 0.433 e. The lowest BCUT2D eigenvalue weighted by Gasteiger charge is -2.31. The van der Waals surface area contributed by atoms with E-state index in [0.717, 1.165) is 31.6 Å². The summed E-state index contributed by atoms with van der Waals surface area (Å²) in [6.45, 7) is 3.22. The lowest BCUT2D eigenvalue weighted by atomic mass is 9.82. The van der Waals surface area contributed by atoms with Crippen LogP contribution in [0.5, 0.6) is 0 Å². The van der Waals surface area contributed by atoms with E-state index in [9.17, 15) is 4.79 Å². The number of ether oxygens (including phenoxy) is 1. The quantitative estimate of drug-likeness (QED) is 0.268. The number of terminal acetylenes is 1. The van der Waals surface area contributed by atoms with Crippen molar-refractivity contribution in [3.63, 3.8) is 0 Å². The van der Waals surface area contributed by atoms with Crippen LogP contribution in [0.25, 0.3) is 22.4 Å². The molecule has 198 valence electrons. The zero-order valence-corrected chi connectivity index (χ0v) is 22.1. The largest absolute Gasteiger partial charge is 0.463 e. The molecule has 3 heterocycles. The second-order valence-electron chi connectivity index (χ2n) is 9.51. The van der Waals surface area contributed by atoms with Gasteiger partial charge in [0, 0.05) is 41.2 Å². The fourth-order valence-electron chi connectivity index (χ4n) is 5.13. The van der Waals surface area contributed by atoms with E-state index in [1.165, 1.54) is 0 Å². The zero-order valence-electron chi connectivity index (χ0n) is 20.6. The van der Waals surface area contributed by atoms with Gasteiger partial charge in [-0.05, 0) is 49.8 Å². The molecule has 0 bridgehead atoms. The van der Waals surface area contributed by atoms with Gasteiger partial charge in [0.25, 0.3) is 0 Å². The number of fused-ring (bicyclic) bond motifs is 1. The van der Waals surface area contributed by atoms with Crippen LogP contribution in [0, 0.1) is 24.2 Å².